The normalized spacial score (nSPS) is 11.7. The van der Waals surface area contributed by atoms with Crippen molar-refractivity contribution in [2.75, 3.05) is 0 Å². The number of hydrogen-bond acceptors (Lipinski definition) is 6. The molecule has 1 N–H and O–H groups in total. The Morgan fingerprint density at radius 2 is 1.38 bits per heavy atom. The van der Waals surface area contributed by atoms with Gasteiger partial charge in [-0.1, -0.05) is 12.1 Å². The number of fused-ring (bicyclic) bond motifs is 2. The highest BCUT2D eigenvalue weighted by Gasteiger charge is 2.48. The van der Waals surface area contributed by atoms with Gasteiger partial charge in [0.15, 0.2) is 0 Å². The number of alkyl halides is 3. The largest absolute Gasteiger partial charge is 0.534 e. The molecule has 0 spiro atoms. The van der Waals surface area contributed by atoms with Crippen LogP contribution in [-0.2, 0) is 10.1 Å². The van der Waals surface area contributed by atoms with Crippen molar-refractivity contribution in [2.24, 2.45) is 0 Å². The molecule has 2 aromatic carbocycles. The molecule has 0 aliphatic heterocycles. The average molecular weight is 422 g/mol. The Balaban J connectivity index is 0.000000186. The highest BCUT2D eigenvalue weighted by molar-refractivity contribution is 7.88. The van der Waals surface area contributed by atoms with Crippen LogP contribution in [0.15, 0.2) is 73.1 Å². The number of phenolic OH excluding ortho intramolecular Hbond substituents is 1. The first-order chi connectivity index (χ1) is 13.7. The third-order valence-electron chi connectivity index (χ3n) is 3.65. The van der Waals surface area contributed by atoms with E-state index in [1.807, 2.05) is 12.1 Å². The van der Waals surface area contributed by atoms with Crippen LogP contribution in [0.4, 0.5) is 13.2 Å². The number of nitrogens with zero attached hydrogens (tertiary/aromatic N) is 2. The van der Waals surface area contributed by atoms with Gasteiger partial charge in [0, 0.05) is 23.2 Å². The van der Waals surface area contributed by atoms with Crippen LogP contribution >= 0.6 is 0 Å². The molecule has 0 saturated carbocycles. The van der Waals surface area contributed by atoms with Gasteiger partial charge in [-0.15, -0.1) is 0 Å². The average Bonchev–Trinajstić information content (AvgIpc) is 2.67. The lowest BCUT2D eigenvalue weighted by atomic mass is 10.2. The van der Waals surface area contributed by atoms with Crippen molar-refractivity contribution in [3.05, 3.63) is 73.1 Å². The van der Waals surface area contributed by atoms with Crippen LogP contribution in [0, 0.1) is 0 Å². The van der Waals surface area contributed by atoms with Gasteiger partial charge >= 0.3 is 15.6 Å². The van der Waals surface area contributed by atoms with Crippen LogP contribution in [0.1, 0.15) is 0 Å². The van der Waals surface area contributed by atoms with Crippen LogP contribution in [-0.4, -0.2) is 29.0 Å². The van der Waals surface area contributed by atoms with E-state index in [-0.39, 0.29) is 5.75 Å². The summed E-state index contributed by atoms with van der Waals surface area (Å²) in [5, 5.41) is 10.5. The molecule has 0 aliphatic rings. The lowest BCUT2D eigenvalue weighted by Gasteiger charge is -2.09. The molecular formula is C19H13F3N2O4S. The highest BCUT2D eigenvalue weighted by atomic mass is 32.2. The summed E-state index contributed by atoms with van der Waals surface area (Å²) in [5.74, 6) is -0.127. The van der Waals surface area contributed by atoms with Crippen LogP contribution in [0.2, 0.25) is 0 Å². The van der Waals surface area contributed by atoms with Gasteiger partial charge in [0.2, 0.25) is 0 Å². The van der Waals surface area contributed by atoms with E-state index in [9.17, 15) is 21.6 Å². The molecule has 2 aromatic heterocycles. The number of hydrogen-bond donors (Lipinski definition) is 1. The molecule has 6 nitrogen and oxygen atoms in total. The molecule has 150 valence electrons. The molecule has 0 fully saturated rings. The maximum absolute atomic E-state index is 12.1. The molecule has 0 atom stereocenters. The van der Waals surface area contributed by atoms with Crippen molar-refractivity contribution in [3.63, 3.8) is 0 Å². The number of halogens is 3. The maximum atomic E-state index is 12.1. The summed E-state index contributed by atoms with van der Waals surface area (Å²) < 4.78 is 61.9. The lowest BCUT2D eigenvalue weighted by molar-refractivity contribution is -0.0500. The fourth-order valence-electron chi connectivity index (χ4n) is 2.34. The van der Waals surface area contributed by atoms with Gasteiger partial charge in [0.1, 0.15) is 11.5 Å². The first-order valence-corrected chi connectivity index (χ1v) is 9.46. The third kappa shape index (κ3) is 4.91. The Kier molecular flexibility index (Phi) is 5.55. The van der Waals surface area contributed by atoms with Gasteiger partial charge in [-0.3, -0.25) is 9.97 Å². The minimum atomic E-state index is -5.64. The number of phenols is 1. The molecular weight excluding hydrogens is 409 g/mol. The zero-order valence-electron chi connectivity index (χ0n) is 14.5. The summed E-state index contributed by atoms with van der Waals surface area (Å²) in [6, 6.07) is 15.7. The molecule has 29 heavy (non-hydrogen) atoms. The summed E-state index contributed by atoms with van der Waals surface area (Å²) in [5.41, 5.74) is -4.02. The van der Waals surface area contributed by atoms with Gasteiger partial charge in [0.25, 0.3) is 0 Å². The van der Waals surface area contributed by atoms with E-state index < -0.39 is 21.4 Å². The van der Waals surface area contributed by atoms with Gasteiger partial charge in [0.05, 0.1) is 11.0 Å². The molecule has 10 heteroatoms. The minimum Gasteiger partial charge on any atom is -0.508 e. The molecule has 0 unspecified atom stereocenters. The third-order valence-corrected chi connectivity index (χ3v) is 4.63. The molecule has 0 saturated heterocycles. The summed E-state index contributed by atoms with van der Waals surface area (Å²) in [4.78, 5) is 8.05. The Morgan fingerprint density at radius 1 is 0.828 bits per heavy atom. The highest BCUT2D eigenvalue weighted by Crippen LogP contribution is 2.28. The van der Waals surface area contributed by atoms with E-state index in [2.05, 4.69) is 14.2 Å². The molecule has 0 radical (unpaired) electrons. The smallest absolute Gasteiger partial charge is 0.508 e. The Hall–Kier alpha value is -3.40. The molecule has 4 aromatic rings. The molecule has 0 amide bonds. The second-order valence-electron chi connectivity index (χ2n) is 5.72. The minimum absolute atomic E-state index is 0.283. The first-order valence-electron chi connectivity index (χ1n) is 8.05. The quantitative estimate of drug-likeness (QED) is 0.380. The standard InChI is InChI=1S/C10H6F3NO3S.C9H7NO/c11-10(12,13)18(15,16)17-8-3-4-9-7(6-8)2-1-5-14-9;11-8-3-4-9-7(6-8)2-1-5-10-9/h1-6H;1-6,11H. The van der Waals surface area contributed by atoms with Crippen LogP contribution in [0.25, 0.3) is 21.8 Å². The maximum Gasteiger partial charge on any atom is 0.534 e. The van der Waals surface area contributed by atoms with E-state index >= 15 is 0 Å². The van der Waals surface area contributed by atoms with Crippen LogP contribution in [0.5, 0.6) is 11.5 Å². The first kappa shape index (κ1) is 20.3. The summed E-state index contributed by atoms with van der Waals surface area (Å²) in [7, 11) is -5.64. The number of aromatic hydroxyl groups is 1. The predicted molar refractivity (Wildman–Crippen MR) is 101 cm³/mol. The van der Waals surface area contributed by atoms with Crippen molar-refractivity contribution in [1.82, 2.24) is 9.97 Å². The second-order valence-corrected chi connectivity index (χ2v) is 7.26. The zero-order chi connectivity index (χ0) is 21.1. The van der Waals surface area contributed by atoms with E-state index in [0.717, 1.165) is 17.0 Å². The van der Waals surface area contributed by atoms with Gasteiger partial charge < -0.3 is 9.29 Å². The Labute approximate surface area is 163 Å². The van der Waals surface area contributed by atoms with Gasteiger partial charge in [-0.2, -0.15) is 21.6 Å². The van der Waals surface area contributed by atoms with Gasteiger partial charge in [-0.25, -0.2) is 0 Å². The molecule has 4 rings (SSSR count). The van der Waals surface area contributed by atoms with Crippen LogP contribution < -0.4 is 4.18 Å². The fourth-order valence-corrected chi connectivity index (χ4v) is 2.79. The van der Waals surface area contributed by atoms with E-state index in [1.54, 1.807) is 36.5 Å². The van der Waals surface area contributed by atoms with E-state index in [1.165, 1.54) is 18.3 Å². The van der Waals surface area contributed by atoms with Gasteiger partial charge in [-0.05, 0) is 48.5 Å². The second kappa shape index (κ2) is 7.92. The van der Waals surface area contributed by atoms with Crippen molar-refractivity contribution < 1.29 is 30.9 Å². The summed E-state index contributed by atoms with van der Waals surface area (Å²) in [6.45, 7) is 0. The SMILES string of the molecule is O=S(=O)(Oc1ccc2ncccc2c1)C(F)(F)F.Oc1ccc2ncccc2c1. The number of pyridine rings is 2. The van der Waals surface area contributed by atoms with Crippen molar-refractivity contribution in [1.29, 1.82) is 0 Å². The Morgan fingerprint density at radius 3 is 1.97 bits per heavy atom. The van der Waals surface area contributed by atoms with Crippen molar-refractivity contribution in [3.8, 4) is 11.5 Å². The van der Waals surface area contributed by atoms with Crippen LogP contribution in [0.3, 0.4) is 0 Å². The number of benzene rings is 2. The monoisotopic (exact) mass is 422 g/mol. The number of aromatic nitrogens is 2. The lowest BCUT2D eigenvalue weighted by Crippen LogP contribution is -2.28. The van der Waals surface area contributed by atoms with E-state index in [4.69, 9.17) is 5.11 Å². The Bertz CT molecular complexity index is 1260. The molecule has 2 heterocycles. The summed E-state index contributed by atoms with van der Waals surface area (Å²) >= 11 is 0. The topological polar surface area (TPSA) is 89.4 Å². The van der Waals surface area contributed by atoms with Crippen molar-refractivity contribution in [2.45, 2.75) is 5.51 Å². The summed E-state index contributed by atoms with van der Waals surface area (Å²) in [6.07, 6.45) is 3.24. The fraction of sp³-hybridized carbons (Fsp3) is 0.0526. The molecule has 0 aliphatic carbocycles. The number of rotatable bonds is 2. The zero-order valence-corrected chi connectivity index (χ0v) is 15.4. The predicted octanol–water partition coefficient (Wildman–Crippen LogP) is 4.40. The molecule has 0 bridgehead atoms. The van der Waals surface area contributed by atoms with Crippen molar-refractivity contribution >= 4 is 31.9 Å². The van der Waals surface area contributed by atoms with E-state index in [0.29, 0.717) is 10.9 Å².